The van der Waals surface area contributed by atoms with Gasteiger partial charge < -0.3 is 10.0 Å². The summed E-state index contributed by atoms with van der Waals surface area (Å²) in [5.74, 6) is -1.70. The molecule has 2 rings (SSSR count). The molecule has 1 aromatic rings. The monoisotopic (exact) mass is 247 g/mol. The number of benzene rings is 1. The zero-order valence-electron chi connectivity index (χ0n) is 9.70. The number of ketones is 1. The molecular formula is C13H13NO4. The number of hydrogen-bond donors (Lipinski definition) is 1. The summed E-state index contributed by atoms with van der Waals surface area (Å²) in [5.41, 5.74) is 0.831. The number of carboxylic acid groups (broad SMARTS) is 1. The van der Waals surface area contributed by atoms with E-state index in [2.05, 4.69) is 0 Å². The highest BCUT2D eigenvalue weighted by Crippen LogP contribution is 2.15. The van der Waals surface area contributed by atoms with Gasteiger partial charge in [0.1, 0.15) is 6.04 Å². The van der Waals surface area contributed by atoms with Gasteiger partial charge >= 0.3 is 5.97 Å². The van der Waals surface area contributed by atoms with Gasteiger partial charge in [0.2, 0.25) is 5.91 Å². The highest BCUT2D eigenvalue weighted by Gasteiger charge is 2.36. The third-order valence-corrected chi connectivity index (χ3v) is 2.95. The van der Waals surface area contributed by atoms with E-state index in [1.54, 1.807) is 12.1 Å². The van der Waals surface area contributed by atoms with Crippen LogP contribution in [0.2, 0.25) is 0 Å². The number of Topliss-reactive ketones (excluding diaryl/α,β-unsaturated/α-hetero) is 1. The molecule has 1 unspecified atom stereocenters. The number of carboxylic acids is 1. The molecule has 1 saturated heterocycles. The molecule has 1 amide bonds. The average Bonchev–Trinajstić information content (AvgIpc) is 2.66. The lowest BCUT2D eigenvalue weighted by atomic mass is 10.1. The Hall–Kier alpha value is -2.17. The molecule has 5 heteroatoms. The van der Waals surface area contributed by atoms with E-state index < -0.39 is 17.9 Å². The molecule has 1 atom stereocenters. The fraction of sp³-hybridized carbons (Fsp3) is 0.308. The predicted octanol–water partition coefficient (Wildman–Crippen LogP) is 0.484. The molecule has 1 heterocycles. The highest BCUT2D eigenvalue weighted by molar-refractivity contribution is 6.06. The molecule has 1 N–H and O–H groups in total. The predicted molar refractivity (Wildman–Crippen MR) is 62.9 cm³/mol. The lowest BCUT2D eigenvalue weighted by Gasteiger charge is -2.23. The van der Waals surface area contributed by atoms with Gasteiger partial charge in [-0.05, 0) is 5.56 Å². The van der Waals surface area contributed by atoms with Gasteiger partial charge in [0.15, 0.2) is 5.78 Å². The maximum absolute atomic E-state index is 11.6. The molecule has 94 valence electrons. The Morgan fingerprint density at radius 1 is 1.28 bits per heavy atom. The molecule has 1 aromatic carbocycles. The summed E-state index contributed by atoms with van der Waals surface area (Å²) in [4.78, 5) is 35.1. The van der Waals surface area contributed by atoms with Crippen molar-refractivity contribution in [3.05, 3.63) is 35.9 Å². The van der Waals surface area contributed by atoms with E-state index in [9.17, 15) is 19.5 Å². The van der Waals surface area contributed by atoms with Gasteiger partial charge in [-0.15, -0.1) is 0 Å². The van der Waals surface area contributed by atoms with Crippen LogP contribution in [0, 0.1) is 0 Å². The number of likely N-dealkylation sites (tertiary alicyclic amines) is 1. The van der Waals surface area contributed by atoms with Crippen LogP contribution in [0.15, 0.2) is 30.3 Å². The fourth-order valence-corrected chi connectivity index (χ4v) is 2.06. The van der Waals surface area contributed by atoms with Crippen molar-refractivity contribution in [2.24, 2.45) is 0 Å². The van der Waals surface area contributed by atoms with Crippen molar-refractivity contribution in [2.75, 3.05) is 6.54 Å². The normalized spacial score (nSPS) is 17.0. The van der Waals surface area contributed by atoms with Gasteiger partial charge in [-0.3, -0.25) is 9.59 Å². The third kappa shape index (κ3) is 2.56. The van der Waals surface area contributed by atoms with Gasteiger partial charge in [-0.2, -0.15) is 0 Å². The summed E-state index contributed by atoms with van der Waals surface area (Å²) in [5, 5.41) is 9.19. The van der Waals surface area contributed by atoms with E-state index in [4.69, 9.17) is 0 Å². The molecule has 1 aliphatic rings. The van der Waals surface area contributed by atoms with Gasteiger partial charge in [-0.25, -0.2) is 4.79 Å². The van der Waals surface area contributed by atoms with Crippen LogP contribution in [0.4, 0.5) is 0 Å². The quantitative estimate of drug-likeness (QED) is 0.785. The number of amides is 1. The van der Waals surface area contributed by atoms with Gasteiger partial charge in [0, 0.05) is 6.42 Å². The minimum Gasteiger partial charge on any atom is -0.480 e. The molecule has 0 aliphatic carbocycles. The second kappa shape index (κ2) is 5.00. The van der Waals surface area contributed by atoms with E-state index in [0.29, 0.717) is 0 Å². The third-order valence-electron chi connectivity index (χ3n) is 2.95. The van der Waals surface area contributed by atoms with Gasteiger partial charge in [-0.1, -0.05) is 30.3 Å². The number of rotatable bonds is 4. The van der Waals surface area contributed by atoms with Crippen molar-refractivity contribution in [2.45, 2.75) is 18.9 Å². The zero-order chi connectivity index (χ0) is 13.1. The summed E-state index contributed by atoms with van der Waals surface area (Å²) in [6.07, 6.45) is 0.0355. The Balaban J connectivity index is 2.17. The van der Waals surface area contributed by atoms with Crippen LogP contribution < -0.4 is 0 Å². The first-order valence-electron chi connectivity index (χ1n) is 5.66. The van der Waals surface area contributed by atoms with Crippen molar-refractivity contribution in [1.82, 2.24) is 4.90 Å². The van der Waals surface area contributed by atoms with Crippen LogP contribution >= 0.6 is 0 Å². The lowest BCUT2D eigenvalue weighted by Crippen LogP contribution is -2.43. The average molecular weight is 247 g/mol. The Labute approximate surface area is 104 Å². The molecule has 0 bridgehead atoms. The van der Waals surface area contributed by atoms with Crippen LogP contribution in [0.5, 0.6) is 0 Å². The van der Waals surface area contributed by atoms with Gasteiger partial charge in [0.25, 0.3) is 0 Å². The van der Waals surface area contributed by atoms with Crippen molar-refractivity contribution in [1.29, 1.82) is 0 Å². The number of nitrogens with zero attached hydrogens (tertiary/aromatic N) is 1. The highest BCUT2D eigenvalue weighted by atomic mass is 16.4. The summed E-state index contributed by atoms with van der Waals surface area (Å²) in [7, 11) is 0. The number of carbonyl (C=O) groups excluding carboxylic acids is 2. The molecular weight excluding hydrogens is 234 g/mol. The molecule has 1 aliphatic heterocycles. The molecule has 18 heavy (non-hydrogen) atoms. The summed E-state index contributed by atoms with van der Waals surface area (Å²) < 4.78 is 0. The Bertz CT molecular complexity index is 483. The first-order valence-corrected chi connectivity index (χ1v) is 5.66. The first kappa shape index (κ1) is 12.3. The van der Waals surface area contributed by atoms with E-state index in [0.717, 1.165) is 10.5 Å². The van der Waals surface area contributed by atoms with Crippen LogP contribution in [0.25, 0.3) is 0 Å². The van der Waals surface area contributed by atoms with E-state index in [1.807, 2.05) is 18.2 Å². The molecule has 0 spiro atoms. The maximum Gasteiger partial charge on any atom is 0.326 e. The topological polar surface area (TPSA) is 74.7 Å². The van der Waals surface area contributed by atoms with Crippen LogP contribution in [0.3, 0.4) is 0 Å². The number of aliphatic carboxylic acids is 1. The Morgan fingerprint density at radius 2 is 1.94 bits per heavy atom. The van der Waals surface area contributed by atoms with E-state index >= 15 is 0 Å². The molecule has 0 aromatic heterocycles. The van der Waals surface area contributed by atoms with Crippen LogP contribution in [-0.2, 0) is 20.8 Å². The number of hydrogen-bond acceptors (Lipinski definition) is 3. The standard InChI is InChI=1S/C13H13NO4/c15-10-7-12(16)14(8-10)11(13(17)18)6-9-4-2-1-3-5-9/h1-5,11H,6-8H2,(H,17,18). The fourth-order valence-electron chi connectivity index (χ4n) is 2.06. The van der Waals surface area contributed by atoms with E-state index in [1.165, 1.54) is 0 Å². The molecule has 0 radical (unpaired) electrons. The maximum atomic E-state index is 11.6. The van der Waals surface area contributed by atoms with Gasteiger partial charge in [0.05, 0.1) is 13.0 Å². The smallest absolute Gasteiger partial charge is 0.326 e. The Morgan fingerprint density at radius 3 is 2.44 bits per heavy atom. The summed E-state index contributed by atoms with van der Waals surface area (Å²) >= 11 is 0. The zero-order valence-corrected chi connectivity index (χ0v) is 9.70. The Kier molecular flexibility index (Phi) is 3.41. The van der Waals surface area contributed by atoms with E-state index in [-0.39, 0.29) is 25.2 Å². The first-order chi connectivity index (χ1) is 8.58. The second-order valence-corrected chi connectivity index (χ2v) is 4.28. The molecule has 0 saturated carbocycles. The SMILES string of the molecule is O=C1CC(=O)N(C(Cc2ccccc2)C(=O)O)C1. The van der Waals surface area contributed by atoms with Crippen molar-refractivity contribution in [3.63, 3.8) is 0 Å². The minimum absolute atomic E-state index is 0.0946. The second-order valence-electron chi connectivity index (χ2n) is 4.28. The summed E-state index contributed by atoms with van der Waals surface area (Å²) in [6, 6.07) is 8.10. The van der Waals surface area contributed by atoms with Crippen LogP contribution in [-0.4, -0.2) is 40.3 Å². The van der Waals surface area contributed by atoms with Crippen molar-refractivity contribution >= 4 is 17.7 Å². The lowest BCUT2D eigenvalue weighted by molar-refractivity contribution is -0.148. The van der Waals surface area contributed by atoms with Crippen LogP contribution in [0.1, 0.15) is 12.0 Å². The molecule has 1 fully saturated rings. The van der Waals surface area contributed by atoms with Crippen molar-refractivity contribution in [3.8, 4) is 0 Å². The molecule has 5 nitrogen and oxygen atoms in total. The largest absolute Gasteiger partial charge is 0.480 e. The minimum atomic E-state index is -1.08. The summed E-state index contributed by atoms with van der Waals surface area (Å²) in [6.45, 7) is -0.0946. The number of carbonyl (C=O) groups is 3. The van der Waals surface area contributed by atoms with Crippen molar-refractivity contribution < 1.29 is 19.5 Å².